The second-order valence-corrected chi connectivity index (χ2v) is 3.83. The highest BCUT2D eigenvalue weighted by molar-refractivity contribution is 6.42. The Hall–Kier alpha value is -2.04. The molecular formula is C13H17NO4. The summed E-state index contributed by atoms with van der Waals surface area (Å²) in [5.74, 6) is -0.999. The van der Waals surface area contributed by atoms with E-state index in [-0.39, 0.29) is 12.2 Å². The number of ketones is 1. The topological polar surface area (TPSA) is 55.8 Å². The molecule has 18 heavy (non-hydrogen) atoms. The Labute approximate surface area is 106 Å². The average molecular weight is 251 g/mol. The second kappa shape index (κ2) is 6.05. The zero-order chi connectivity index (χ0) is 13.7. The first-order chi connectivity index (χ1) is 8.51. The van der Waals surface area contributed by atoms with Crippen molar-refractivity contribution in [1.29, 1.82) is 0 Å². The van der Waals surface area contributed by atoms with Crippen LogP contribution in [0, 0.1) is 0 Å². The van der Waals surface area contributed by atoms with E-state index in [0.29, 0.717) is 11.4 Å². The monoisotopic (exact) mass is 251 g/mol. The van der Waals surface area contributed by atoms with Gasteiger partial charge in [0, 0.05) is 19.8 Å². The number of hydrogen-bond acceptors (Lipinski definition) is 5. The molecule has 0 radical (unpaired) electrons. The molecule has 5 nitrogen and oxygen atoms in total. The summed E-state index contributed by atoms with van der Waals surface area (Å²) in [6, 6.07) is 5.00. The van der Waals surface area contributed by atoms with Crippen LogP contribution in [-0.4, -0.2) is 39.6 Å². The Morgan fingerprint density at radius 1 is 1.28 bits per heavy atom. The van der Waals surface area contributed by atoms with Crippen LogP contribution in [0.25, 0.3) is 0 Å². The quantitative estimate of drug-likeness (QED) is 0.451. The maximum atomic E-state index is 12.0. The fourth-order valence-corrected chi connectivity index (χ4v) is 1.52. The van der Waals surface area contributed by atoms with Crippen molar-refractivity contribution in [3.05, 3.63) is 23.8 Å². The van der Waals surface area contributed by atoms with Crippen molar-refractivity contribution in [2.45, 2.75) is 6.92 Å². The molecule has 0 aliphatic carbocycles. The molecule has 0 aliphatic rings. The highest BCUT2D eigenvalue weighted by Gasteiger charge is 2.22. The van der Waals surface area contributed by atoms with Gasteiger partial charge in [-0.15, -0.1) is 0 Å². The SMILES string of the molecule is CCOC(=O)C(=O)c1cc(OC)ccc1N(C)C. The van der Waals surface area contributed by atoms with E-state index < -0.39 is 11.8 Å². The maximum absolute atomic E-state index is 12.0. The molecule has 0 saturated heterocycles. The van der Waals surface area contributed by atoms with E-state index >= 15 is 0 Å². The molecule has 0 amide bonds. The minimum Gasteiger partial charge on any atom is -0.497 e. The summed E-state index contributed by atoms with van der Waals surface area (Å²) in [5, 5.41) is 0. The second-order valence-electron chi connectivity index (χ2n) is 3.83. The fourth-order valence-electron chi connectivity index (χ4n) is 1.52. The first-order valence-corrected chi connectivity index (χ1v) is 5.58. The van der Waals surface area contributed by atoms with Crippen LogP contribution < -0.4 is 9.64 Å². The highest BCUT2D eigenvalue weighted by atomic mass is 16.5. The van der Waals surface area contributed by atoms with Gasteiger partial charge in [0.15, 0.2) is 0 Å². The maximum Gasteiger partial charge on any atom is 0.379 e. The lowest BCUT2D eigenvalue weighted by Gasteiger charge is -2.17. The molecule has 0 heterocycles. The van der Waals surface area contributed by atoms with Crippen molar-refractivity contribution in [2.75, 3.05) is 32.7 Å². The molecule has 0 aliphatic heterocycles. The van der Waals surface area contributed by atoms with Crippen LogP contribution >= 0.6 is 0 Å². The molecule has 0 N–H and O–H groups in total. The number of nitrogens with zero attached hydrogens (tertiary/aromatic N) is 1. The van der Waals surface area contributed by atoms with Crippen LogP contribution in [-0.2, 0) is 9.53 Å². The molecule has 0 fully saturated rings. The standard InChI is InChI=1S/C13H17NO4/c1-5-18-13(16)12(15)10-8-9(17-4)6-7-11(10)14(2)3/h6-8H,5H2,1-4H3. The molecule has 0 bridgehead atoms. The summed E-state index contributed by atoms with van der Waals surface area (Å²) in [6.45, 7) is 1.83. The summed E-state index contributed by atoms with van der Waals surface area (Å²) < 4.78 is 9.78. The summed E-state index contributed by atoms with van der Waals surface area (Å²) in [7, 11) is 5.09. The van der Waals surface area contributed by atoms with E-state index in [1.165, 1.54) is 13.2 Å². The Bertz CT molecular complexity index is 454. The summed E-state index contributed by atoms with van der Waals surface area (Å²) in [6.07, 6.45) is 0. The van der Waals surface area contributed by atoms with Crippen LogP contribution in [0.2, 0.25) is 0 Å². The Balaban J connectivity index is 3.18. The van der Waals surface area contributed by atoms with Crippen LogP contribution in [0.15, 0.2) is 18.2 Å². The van der Waals surface area contributed by atoms with Gasteiger partial charge in [-0.25, -0.2) is 4.79 Å². The predicted octanol–water partition coefficient (Wildman–Crippen LogP) is 1.51. The number of ether oxygens (including phenoxy) is 2. The molecule has 5 heteroatoms. The molecule has 0 aromatic heterocycles. The van der Waals surface area contributed by atoms with Gasteiger partial charge in [-0.2, -0.15) is 0 Å². The third-order valence-electron chi connectivity index (χ3n) is 2.39. The number of hydrogen-bond donors (Lipinski definition) is 0. The number of carbonyl (C=O) groups is 2. The zero-order valence-corrected chi connectivity index (χ0v) is 11.0. The molecule has 98 valence electrons. The molecule has 0 saturated carbocycles. The van der Waals surface area contributed by atoms with E-state index in [1.807, 2.05) is 0 Å². The van der Waals surface area contributed by atoms with Gasteiger partial charge < -0.3 is 14.4 Å². The summed E-state index contributed by atoms with van der Waals surface area (Å²) in [4.78, 5) is 25.2. The highest BCUT2D eigenvalue weighted by Crippen LogP contribution is 2.24. The molecule has 1 rings (SSSR count). The van der Waals surface area contributed by atoms with Gasteiger partial charge in [-0.1, -0.05) is 0 Å². The zero-order valence-electron chi connectivity index (χ0n) is 11.0. The molecular weight excluding hydrogens is 234 g/mol. The summed E-state index contributed by atoms with van der Waals surface area (Å²) in [5.41, 5.74) is 0.923. The number of rotatable bonds is 5. The van der Waals surface area contributed by atoms with Crippen molar-refractivity contribution in [3.63, 3.8) is 0 Å². The van der Waals surface area contributed by atoms with E-state index in [2.05, 4.69) is 0 Å². The first kappa shape index (κ1) is 14.0. The minimum absolute atomic E-state index is 0.172. The van der Waals surface area contributed by atoms with Gasteiger partial charge in [0.05, 0.1) is 19.3 Å². The van der Waals surface area contributed by atoms with Gasteiger partial charge >= 0.3 is 5.97 Å². The van der Waals surface area contributed by atoms with Gasteiger partial charge in [0.2, 0.25) is 0 Å². The average Bonchev–Trinajstić information content (AvgIpc) is 2.37. The summed E-state index contributed by atoms with van der Waals surface area (Å²) >= 11 is 0. The van der Waals surface area contributed by atoms with Crippen LogP contribution in [0.4, 0.5) is 5.69 Å². The lowest BCUT2D eigenvalue weighted by atomic mass is 10.1. The van der Waals surface area contributed by atoms with Gasteiger partial charge in [-0.05, 0) is 25.1 Å². The number of anilines is 1. The van der Waals surface area contributed by atoms with Crippen molar-refractivity contribution < 1.29 is 19.1 Å². The molecule has 0 unspecified atom stereocenters. The van der Waals surface area contributed by atoms with Gasteiger partial charge in [0.25, 0.3) is 5.78 Å². The van der Waals surface area contributed by atoms with Crippen molar-refractivity contribution >= 4 is 17.4 Å². The lowest BCUT2D eigenvalue weighted by Crippen LogP contribution is -2.21. The molecule has 1 aromatic rings. The third-order valence-corrected chi connectivity index (χ3v) is 2.39. The van der Waals surface area contributed by atoms with Crippen LogP contribution in [0.5, 0.6) is 5.75 Å². The number of Topliss-reactive ketones (excluding diaryl/α,β-unsaturated/α-hetero) is 1. The van der Waals surface area contributed by atoms with Crippen molar-refractivity contribution in [3.8, 4) is 5.75 Å². The number of benzene rings is 1. The van der Waals surface area contributed by atoms with E-state index in [1.54, 1.807) is 38.1 Å². The van der Waals surface area contributed by atoms with Gasteiger partial charge in [-0.3, -0.25) is 4.79 Å². The predicted molar refractivity (Wildman–Crippen MR) is 68.3 cm³/mol. The Morgan fingerprint density at radius 2 is 1.94 bits per heavy atom. The van der Waals surface area contributed by atoms with E-state index in [4.69, 9.17) is 9.47 Å². The lowest BCUT2D eigenvalue weighted by molar-refractivity contribution is -0.137. The first-order valence-electron chi connectivity index (χ1n) is 5.58. The number of methoxy groups -OCH3 is 1. The Morgan fingerprint density at radius 3 is 2.44 bits per heavy atom. The number of esters is 1. The fraction of sp³-hybridized carbons (Fsp3) is 0.385. The largest absolute Gasteiger partial charge is 0.497 e. The third kappa shape index (κ3) is 3.00. The smallest absolute Gasteiger partial charge is 0.379 e. The molecule has 0 atom stereocenters. The minimum atomic E-state index is -0.853. The Kier molecular flexibility index (Phi) is 4.71. The van der Waals surface area contributed by atoms with E-state index in [0.717, 1.165) is 0 Å². The number of carbonyl (C=O) groups excluding carboxylic acids is 2. The van der Waals surface area contributed by atoms with Crippen LogP contribution in [0.3, 0.4) is 0 Å². The van der Waals surface area contributed by atoms with Crippen LogP contribution in [0.1, 0.15) is 17.3 Å². The molecule has 1 aromatic carbocycles. The van der Waals surface area contributed by atoms with E-state index in [9.17, 15) is 9.59 Å². The normalized spacial score (nSPS) is 9.78. The molecule has 0 spiro atoms. The van der Waals surface area contributed by atoms with Gasteiger partial charge in [0.1, 0.15) is 5.75 Å². The van der Waals surface area contributed by atoms with Crippen molar-refractivity contribution in [2.24, 2.45) is 0 Å². The van der Waals surface area contributed by atoms with Crippen molar-refractivity contribution in [1.82, 2.24) is 0 Å².